The first-order valence-corrected chi connectivity index (χ1v) is 6.76. The predicted octanol–water partition coefficient (Wildman–Crippen LogP) is 2.88. The molecule has 3 rings (SSSR count). The molecule has 0 aliphatic carbocycles. The summed E-state index contributed by atoms with van der Waals surface area (Å²) in [4.78, 5) is 25.0. The number of fused-ring (bicyclic) bond motifs is 1. The fraction of sp³-hybridized carbons (Fsp3) is 0.250. The quantitative estimate of drug-likeness (QED) is 0.939. The molecule has 1 aliphatic heterocycles. The van der Waals surface area contributed by atoms with Crippen LogP contribution in [0.3, 0.4) is 0 Å². The van der Waals surface area contributed by atoms with Crippen LogP contribution >= 0.6 is 0 Å². The molecule has 0 atom stereocenters. The van der Waals surface area contributed by atoms with E-state index in [0.29, 0.717) is 36.6 Å². The Morgan fingerprint density at radius 3 is 2.86 bits per heavy atom. The molecule has 0 radical (unpaired) electrons. The highest BCUT2D eigenvalue weighted by Crippen LogP contribution is 2.28. The van der Waals surface area contributed by atoms with E-state index in [1.54, 1.807) is 13.0 Å². The van der Waals surface area contributed by atoms with Crippen molar-refractivity contribution < 1.29 is 19.1 Å². The summed E-state index contributed by atoms with van der Waals surface area (Å²) in [5, 5.41) is 9.06. The number of anilines is 1. The summed E-state index contributed by atoms with van der Waals surface area (Å²) in [5.74, 6) is 0.147. The van der Waals surface area contributed by atoms with Crippen LogP contribution in [0.15, 0.2) is 34.7 Å². The number of hydrogen-bond acceptors (Lipinski definition) is 4. The molecule has 2 aromatic rings. The molecule has 1 aromatic carbocycles. The topological polar surface area (TPSA) is 70.8 Å². The van der Waals surface area contributed by atoms with Gasteiger partial charge in [-0.15, -0.1) is 0 Å². The molecule has 2 heterocycles. The molecule has 1 N–H and O–H groups in total. The Kier molecular flexibility index (Phi) is 3.25. The monoisotopic (exact) mass is 285 g/mol. The number of nitrogens with zero attached hydrogens (tertiary/aromatic N) is 1. The first-order chi connectivity index (χ1) is 10.1. The number of carbonyl (C=O) groups excluding carboxylic acids is 1. The molecule has 0 unspecified atom stereocenters. The predicted molar refractivity (Wildman–Crippen MR) is 76.8 cm³/mol. The minimum atomic E-state index is -0.989. The Bertz CT molecular complexity index is 717. The van der Waals surface area contributed by atoms with Crippen molar-refractivity contribution in [2.75, 3.05) is 11.4 Å². The molecule has 0 amide bonds. The van der Waals surface area contributed by atoms with Gasteiger partial charge in [-0.25, -0.2) is 4.79 Å². The lowest BCUT2D eigenvalue weighted by Crippen LogP contribution is -2.31. The van der Waals surface area contributed by atoms with E-state index in [4.69, 9.17) is 9.52 Å². The fourth-order valence-corrected chi connectivity index (χ4v) is 2.66. The summed E-state index contributed by atoms with van der Waals surface area (Å²) >= 11 is 0. The van der Waals surface area contributed by atoms with Crippen LogP contribution in [0.4, 0.5) is 5.69 Å². The fourth-order valence-electron chi connectivity index (χ4n) is 2.66. The summed E-state index contributed by atoms with van der Waals surface area (Å²) in [6.45, 7) is 2.71. The van der Waals surface area contributed by atoms with Crippen molar-refractivity contribution in [3.63, 3.8) is 0 Å². The standard InChI is InChI=1S/C16H15NO4/c1-10-13(16(19)20)8-11(21-10)9-17-7-6-15(18)12-4-2-3-5-14(12)17/h2-5,8H,6-7,9H2,1H3,(H,19,20). The Morgan fingerprint density at radius 1 is 1.38 bits per heavy atom. The van der Waals surface area contributed by atoms with Crippen LogP contribution in [0.25, 0.3) is 0 Å². The zero-order valence-corrected chi connectivity index (χ0v) is 11.6. The van der Waals surface area contributed by atoms with Crippen LogP contribution in [0.2, 0.25) is 0 Å². The van der Waals surface area contributed by atoms with E-state index in [1.807, 2.05) is 29.2 Å². The Hall–Kier alpha value is -2.56. The maximum atomic E-state index is 11.9. The summed E-state index contributed by atoms with van der Waals surface area (Å²) in [6.07, 6.45) is 0.461. The van der Waals surface area contributed by atoms with E-state index in [0.717, 1.165) is 5.69 Å². The van der Waals surface area contributed by atoms with Crippen LogP contribution in [-0.4, -0.2) is 23.4 Å². The van der Waals surface area contributed by atoms with Gasteiger partial charge in [0.25, 0.3) is 0 Å². The van der Waals surface area contributed by atoms with E-state index in [1.165, 1.54) is 0 Å². The van der Waals surface area contributed by atoms with Gasteiger partial charge in [0.2, 0.25) is 0 Å². The van der Waals surface area contributed by atoms with Crippen molar-refractivity contribution in [2.24, 2.45) is 0 Å². The zero-order valence-electron chi connectivity index (χ0n) is 11.6. The number of Topliss-reactive ketones (excluding diaryl/α,β-unsaturated/α-hetero) is 1. The Morgan fingerprint density at radius 2 is 2.14 bits per heavy atom. The smallest absolute Gasteiger partial charge is 0.339 e. The van der Waals surface area contributed by atoms with Gasteiger partial charge in [0.15, 0.2) is 5.78 Å². The normalized spacial score (nSPS) is 14.1. The van der Waals surface area contributed by atoms with Gasteiger partial charge in [-0.3, -0.25) is 4.79 Å². The number of carbonyl (C=O) groups is 2. The number of rotatable bonds is 3. The summed E-state index contributed by atoms with van der Waals surface area (Å²) in [6, 6.07) is 9.01. The molecule has 5 nitrogen and oxygen atoms in total. The van der Waals surface area contributed by atoms with Gasteiger partial charge in [0.05, 0.1) is 6.54 Å². The Balaban J connectivity index is 1.89. The second-order valence-corrected chi connectivity index (χ2v) is 5.10. The molecule has 0 spiro atoms. The third kappa shape index (κ3) is 2.42. The molecule has 5 heteroatoms. The van der Waals surface area contributed by atoms with Gasteiger partial charge in [0.1, 0.15) is 17.1 Å². The number of aryl methyl sites for hydroxylation is 1. The molecule has 0 saturated heterocycles. The molecular weight excluding hydrogens is 270 g/mol. The zero-order chi connectivity index (χ0) is 15.0. The number of para-hydroxylation sites is 1. The molecule has 1 aliphatic rings. The molecule has 1 aromatic heterocycles. The number of furan rings is 1. The summed E-state index contributed by atoms with van der Waals surface area (Å²) < 4.78 is 5.51. The van der Waals surface area contributed by atoms with E-state index < -0.39 is 5.97 Å². The molecule has 108 valence electrons. The van der Waals surface area contributed by atoms with Crippen LogP contribution < -0.4 is 4.90 Å². The lowest BCUT2D eigenvalue weighted by Gasteiger charge is -2.29. The van der Waals surface area contributed by atoms with Gasteiger partial charge < -0.3 is 14.4 Å². The highest BCUT2D eigenvalue weighted by atomic mass is 16.4. The summed E-state index contributed by atoms with van der Waals surface area (Å²) in [5.41, 5.74) is 1.77. The molecule has 0 saturated carbocycles. The number of carboxylic acids is 1. The SMILES string of the molecule is Cc1oc(CN2CCC(=O)c3ccccc32)cc1C(=O)O. The van der Waals surface area contributed by atoms with Crippen LogP contribution in [0, 0.1) is 6.92 Å². The maximum Gasteiger partial charge on any atom is 0.339 e. The second kappa shape index (κ2) is 5.09. The van der Waals surface area contributed by atoms with Crippen LogP contribution in [0.1, 0.15) is 38.7 Å². The van der Waals surface area contributed by atoms with Gasteiger partial charge in [-0.05, 0) is 25.1 Å². The third-order valence-electron chi connectivity index (χ3n) is 3.70. The van der Waals surface area contributed by atoms with Crippen molar-refractivity contribution in [3.8, 4) is 0 Å². The van der Waals surface area contributed by atoms with Crippen LogP contribution in [-0.2, 0) is 6.54 Å². The van der Waals surface area contributed by atoms with E-state index in [9.17, 15) is 9.59 Å². The minimum absolute atomic E-state index is 0.142. The lowest BCUT2D eigenvalue weighted by atomic mass is 10.0. The number of ketones is 1. The molecule has 0 fully saturated rings. The number of benzene rings is 1. The average molecular weight is 285 g/mol. The van der Waals surface area contributed by atoms with Gasteiger partial charge in [-0.2, -0.15) is 0 Å². The van der Waals surface area contributed by atoms with E-state index in [2.05, 4.69) is 0 Å². The van der Waals surface area contributed by atoms with Crippen LogP contribution in [0.5, 0.6) is 0 Å². The molecule has 0 bridgehead atoms. The molecular formula is C16H15NO4. The minimum Gasteiger partial charge on any atom is -0.478 e. The average Bonchev–Trinajstić information content (AvgIpc) is 2.83. The lowest BCUT2D eigenvalue weighted by molar-refractivity contribution is 0.0694. The largest absolute Gasteiger partial charge is 0.478 e. The van der Waals surface area contributed by atoms with Gasteiger partial charge in [-0.1, -0.05) is 12.1 Å². The van der Waals surface area contributed by atoms with Gasteiger partial charge >= 0.3 is 5.97 Å². The third-order valence-corrected chi connectivity index (χ3v) is 3.70. The summed E-state index contributed by atoms with van der Waals surface area (Å²) in [7, 11) is 0. The highest BCUT2D eigenvalue weighted by Gasteiger charge is 2.24. The van der Waals surface area contributed by atoms with E-state index >= 15 is 0 Å². The number of hydrogen-bond donors (Lipinski definition) is 1. The molecule has 21 heavy (non-hydrogen) atoms. The van der Waals surface area contributed by atoms with Crippen molar-refractivity contribution >= 4 is 17.4 Å². The maximum absolute atomic E-state index is 11.9. The van der Waals surface area contributed by atoms with Gasteiger partial charge in [0, 0.05) is 24.2 Å². The highest BCUT2D eigenvalue weighted by molar-refractivity contribution is 6.03. The van der Waals surface area contributed by atoms with E-state index in [-0.39, 0.29) is 11.3 Å². The first kappa shape index (κ1) is 13.4. The Labute approximate surface area is 121 Å². The van der Waals surface area contributed by atoms with Crippen molar-refractivity contribution in [2.45, 2.75) is 19.9 Å². The first-order valence-electron chi connectivity index (χ1n) is 6.76. The van der Waals surface area contributed by atoms with Crippen molar-refractivity contribution in [1.82, 2.24) is 0 Å². The van der Waals surface area contributed by atoms with Crippen molar-refractivity contribution in [3.05, 3.63) is 53.0 Å². The number of carboxylic acid groups (broad SMARTS) is 1. The second-order valence-electron chi connectivity index (χ2n) is 5.10. The number of aromatic carboxylic acids is 1. The van der Waals surface area contributed by atoms with Crippen molar-refractivity contribution in [1.29, 1.82) is 0 Å².